The van der Waals surface area contributed by atoms with Gasteiger partial charge >= 0.3 is 12.1 Å². The zero-order chi connectivity index (χ0) is 25.1. The molecule has 0 radical (unpaired) electrons. The number of halogens is 2. The van der Waals surface area contributed by atoms with Crippen molar-refractivity contribution in [2.75, 3.05) is 11.9 Å². The monoisotopic (exact) mass is 512 g/mol. The van der Waals surface area contributed by atoms with Crippen LogP contribution in [0.1, 0.15) is 40.7 Å². The highest BCUT2D eigenvalue weighted by Gasteiger charge is 2.29. The van der Waals surface area contributed by atoms with Crippen molar-refractivity contribution in [2.24, 2.45) is 0 Å². The third-order valence-electron chi connectivity index (χ3n) is 5.75. The second kappa shape index (κ2) is 10.4. The van der Waals surface area contributed by atoms with Crippen molar-refractivity contribution < 1.29 is 24.2 Å². The minimum absolute atomic E-state index is 0.000369. The zero-order valence-electron chi connectivity index (χ0n) is 18.7. The molecule has 0 saturated carbocycles. The Hall–Kier alpha value is -3.55. The van der Waals surface area contributed by atoms with E-state index >= 15 is 0 Å². The largest absolute Gasteiger partial charge is 0.478 e. The van der Waals surface area contributed by atoms with Crippen molar-refractivity contribution in [1.82, 2.24) is 5.32 Å². The fourth-order valence-electron chi connectivity index (χ4n) is 4.23. The van der Waals surface area contributed by atoms with E-state index in [1.807, 2.05) is 36.4 Å². The molecule has 3 N–H and O–H groups in total. The van der Waals surface area contributed by atoms with Gasteiger partial charge in [0.15, 0.2) is 0 Å². The maximum atomic E-state index is 12.5. The molecule has 180 valence electrons. The number of hydrogen-bond donors (Lipinski definition) is 3. The van der Waals surface area contributed by atoms with Gasteiger partial charge < -0.3 is 20.5 Å². The molecule has 7 nitrogen and oxygen atoms in total. The van der Waals surface area contributed by atoms with Gasteiger partial charge in [-0.25, -0.2) is 9.59 Å². The van der Waals surface area contributed by atoms with Crippen molar-refractivity contribution in [3.63, 3.8) is 0 Å². The molecule has 0 heterocycles. The van der Waals surface area contributed by atoms with Crippen LogP contribution in [0.2, 0.25) is 10.0 Å². The lowest BCUT2D eigenvalue weighted by Gasteiger charge is -2.17. The highest BCUT2D eigenvalue weighted by atomic mass is 35.5. The van der Waals surface area contributed by atoms with Crippen LogP contribution >= 0.6 is 23.2 Å². The molecular weight excluding hydrogens is 491 g/mol. The molecule has 0 spiro atoms. The number of carboxylic acids is 1. The Kier molecular flexibility index (Phi) is 7.28. The summed E-state index contributed by atoms with van der Waals surface area (Å²) in [6.45, 7) is 1.80. The predicted octanol–water partition coefficient (Wildman–Crippen LogP) is 5.95. The number of aromatic carboxylic acids is 1. The van der Waals surface area contributed by atoms with E-state index in [0.717, 1.165) is 22.3 Å². The van der Waals surface area contributed by atoms with E-state index in [1.165, 1.54) is 12.1 Å². The third-order valence-corrected chi connectivity index (χ3v) is 6.27. The number of alkyl carbamates (subject to hydrolysis) is 1. The van der Waals surface area contributed by atoms with Gasteiger partial charge in [-0.2, -0.15) is 0 Å². The maximum Gasteiger partial charge on any atom is 0.407 e. The van der Waals surface area contributed by atoms with Crippen LogP contribution in [0, 0.1) is 0 Å². The number of fused-ring (bicyclic) bond motifs is 3. The molecule has 1 atom stereocenters. The lowest BCUT2D eigenvalue weighted by Crippen LogP contribution is -2.36. The highest BCUT2D eigenvalue weighted by molar-refractivity contribution is 6.37. The molecule has 0 aliphatic heterocycles. The van der Waals surface area contributed by atoms with Gasteiger partial charge in [-0.15, -0.1) is 0 Å². The van der Waals surface area contributed by atoms with E-state index in [-0.39, 0.29) is 40.2 Å². The van der Waals surface area contributed by atoms with E-state index in [4.69, 9.17) is 27.9 Å². The Morgan fingerprint density at radius 3 is 2.20 bits per heavy atom. The Bertz CT molecular complexity index is 1270. The predicted molar refractivity (Wildman–Crippen MR) is 134 cm³/mol. The summed E-state index contributed by atoms with van der Waals surface area (Å²) in [6, 6.07) is 18.0. The van der Waals surface area contributed by atoms with E-state index < -0.39 is 24.0 Å². The standard InChI is InChI=1S/C26H22Cl2N2O5/c1-14(10-23(31)30-24-20(25(32)33)11-15(27)12-22(24)28)29-26(34)35-13-21-18-8-4-2-6-16(18)17-7-3-5-9-19(17)21/h2-9,11-12,14,21H,10,13H2,1H3,(H,29,34)(H,30,31)(H,32,33)/t14-/m1/s1. The molecule has 2 amide bonds. The molecule has 1 aliphatic carbocycles. The average Bonchev–Trinajstić information content (AvgIpc) is 3.12. The fourth-order valence-corrected chi connectivity index (χ4v) is 4.77. The van der Waals surface area contributed by atoms with Crippen molar-refractivity contribution >= 4 is 46.9 Å². The molecule has 9 heteroatoms. The van der Waals surface area contributed by atoms with Crippen molar-refractivity contribution in [2.45, 2.75) is 25.3 Å². The normalized spacial score (nSPS) is 12.9. The summed E-state index contributed by atoms with van der Waals surface area (Å²) in [5.74, 6) is -1.88. The molecule has 0 saturated heterocycles. The van der Waals surface area contributed by atoms with Gasteiger partial charge in [0.2, 0.25) is 5.91 Å². The maximum absolute atomic E-state index is 12.5. The number of carboxylic acid groups (broad SMARTS) is 1. The molecule has 35 heavy (non-hydrogen) atoms. The fraction of sp³-hybridized carbons (Fsp3) is 0.192. The van der Waals surface area contributed by atoms with Gasteiger partial charge in [-0.3, -0.25) is 4.79 Å². The quantitative estimate of drug-likeness (QED) is 0.362. The van der Waals surface area contributed by atoms with Crippen LogP contribution < -0.4 is 10.6 Å². The minimum atomic E-state index is -1.28. The van der Waals surface area contributed by atoms with Crippen LogP contribution in [-0.4, -0.2) is 35.7 Å². The van der Waals surface area contributed by atoms with Gasteiger partial charge in [-0.1, -0.05) is 71.7 Å². The topological polar surface area (TPSA) is 105 Å². The molecule has 0 bridgehead atoms. The summed E-state index contributed by atoms with van der Waals surface area (Å²) in [7, 11) is 0. The summed E-state index contributed by atoms with van der Waals surface area (Å²) in [5.41, 5.74) is 4.17. The second-order valence-electron chi connectivity index (χ2n) is 8.24. The first-order valence-corrected chi connectivity index (χ1v) is 11.6. The number of rotatable bonds is 7. The zero-order valence-corrected chi connectivity index (χ0v) is 20.2. The molecule has 3 aromatic carbocycles. The van der Waals surface area contributed by atoms with E-state index in [1.54, 1.807) is 6.92 Å². The number of amides is 2. The summed E-state index contributed by atoms with van der Waals surface area (Å²) in [6.07, 6.45) is -0.773. The van der Waals surface area contributed by atoms with Gasteiger partial charge in [-0.05, 0) is 41.3 Å². The summed E-state index contributed by atoms with van der Waals surface area (Å²) < 4.78 is 5.50. The van der Waals surface area contributed by atoms with Crippen LogP contribution in [0.25, 0.3) is 11.1 Å². The lowest BCUT2D eigenvalue weighted by molar-refractivity contribution is -0.116. The first-order valence-electron chi connectivity index (χ1n) is 10.9. The van der Waals surface area contributed by atoms with E-state index in [0.29, 0.717) is 0 Å². The first-order chi connectivity index (χ1) is 16.7. The molecule has 3 aromatic rings. The highest BCUT2D eigenvalue weighted by Crippen LogP contribution is 2.44. The number of nitrogens with one attached hydrogen (secondary N) is 2. The van der Waals surface area contributed by atoms with Crippen molar-refractivity contribution in [3.05, 3.63) is 87.4 Å². The number of ether oxygens (including phenoxy) is 1. The number of hydrogen-bond acceptors (Lipinski definition) is 4. The SMILES string of the molecule is C[C@H](CC(=O)Nc1c(Cl)cc(Cl)cc1C(=O)O)NC(=O)OCC1c2ccccc2-c2ccccc21. The summed E-state index contributed by atoms with van der Waals surface area (Å²) >= 11 is 11.9. The smallest absolute Gasteiger partial charge is 0.407 e. The van der Waals surface area contributed by atoms with Crippen LogP contribution in [-0.2, 0) is 9.53 Å². The molecular formula is C26H22Cl2N2O5. The lowest BCUT2D eigenvalue weighted by atomic mass is 9.98. The number of carbonyl (C=O) groups excluding carboxylic acids is 2. The van der Waals surface area contributed by atoms with Crippen molar-refractivity contribution in [1.29, 1.82) is 0 Å². The van der Waals surface area contributed by atoms with Crippen LogP contribution in [0.4, 0.5) is 10.5 Å². The molecule has 0 fully saturated rings. The molecule has 4 rings (SSSR count). The van der Waals surface area contributed by atoms with Gasteiger partial charge in [0.05, 0.1) is 16.3 Å². The number of benzene rings is 3. The Morgan fingerprint density at radius 2 is 1.60 bits per heavy atom. The van der Waals surface area contributed by atoms with Crippen LogP contribution in [0.5, 0.6) is 0 Å². The third kappa shape index (κ3) is 5.42. The second-order valence-corrected chi connectivity index (χ2v) is 9.08. The molecule has 0 unspecified atom stereocenters. The van der Waals surface area contributed by atoms with E-state index in [9.17, 15) is 19.5 Å². The number of carbonyl (C=O) groups is 3. The summed E-state index contributed by atoms with van der Waals surface area (Å²) in [5, 5.41) is 14.6. The molecule has 1 aliphatic rings. The van der Waals surface area contributed by atoms with Crippen molar-refractivity contribution in [3.8, 4) is 11.1 Å². The van der Waals surface area contributed by atoms with Gasteiger partial charge in [0.1, 0.15) is 6.61 Å². The Balaban J connectivity index is 1.34. The minimum Gasteiger partial charge on any atom is -0.478 e. The molecule has 0 aromatic heterocycles. The van der Waals surface area contributed by atoms with E-state index in [2.05, 4.69) is 22.8 Å². The van der Waals surface area contributed by atoms with Crippen LogP contribution in [0.3, 0.4) is 0 Å². The number of anilines is 1. The van der Waals surface area contributed by atoms with Gasteiger partial charge in [0, 0.05) is 23.4 Å². The van der Waals surface area contributed by atoms with Crippen LogP contribution in [0.15, 0.2) is 60.7 Å². The Morgan fingerprint density at radius 1 is 1.00 bits per heavy atom. The Labute approximate surface area is 212 Å². The first kappa shape index (κ1) is 24.6. The summed E-state index contributed by atoms with van der Waals surface area (Å²) in [4.78, 5) is 36.4. The average molecular weight is 513 g/mol. The van der Waals surface area contributed by atoms with Gasteiger partial charge in [0.25, 0.3) is 0 Å².